The predicted octanol–water partition coefficient (Wildman–Crippen LogP) is 5.65. The summed E-state index contributed by atoms with van der Waals surface area (Å²) in [5, 5.41) is 20.0. The SMILES string of the molecule is Cc1cccc(OCC(=O)N=Nc2c(O)n(CN3CC4C[C@@H](C3)c3cccc(=O)n3C4)c3ccc(Br)cc23)c1C. The number of benzene rings is 2. The molecule has 2 bridgehead atoms. The average Bonchev–Trinajstić information content (AvgIpc) is 3.18. The molecule has 2 aromatic carbocycles. The molecule has 206 valence electrons. The lowest BCUT2D eigenvalue weighted by molar-refractivity contribution is -0.120. The molecule has 9 nitrogen and oxygen atoms in total. The monoisotopic (exact) mass is 603 g/mol. The zero-order chi connectivity index (χ0) is 28.0. The molecule has 40 heavy (non-hydrogen) atoms. The predicted molar refractivity (Wildman–Crippen MR) is 155 cm³/mol. The molecule has 2 aliphatic heterocycles. The van der Waals surface area contributed by atoms with Gasteiger partial charge >= 0.3 is 5.91 Å². The summed E-state index contributed by atoms with van der Waals surface area (Å²) >= 11 is 3.51. The minimum Gasteiger partial charge on any atom is -0.493 e. The number of likely N-dealkylation sites (tertiary alicyclic amines) is 1. The van der Waals surface area contributed by atoms with E-state index in [-0.39, 0.29) is 29.7 Å². The van der Waals surface area contributed by atoms with Crippen molar-refractivity contribution in [3.63, 3.8) is 0 Å². The van der Waals surface area contributed by atoms with Crippen LogP contribution in [0.1, 0.15) is 29.2 Å². The van der Waals surface area contributed by atoms with Gasteiger partial charge in [-0.2, -0.15) is 0 Å². The van der Waals surface area contributed by atoms with Gasteiger partial charge in [-0.15, -0.1) is 10.2 Å². The number of aromatic nitrogens is 2. The number of hydrogen-bond acceptors (Lipinski definition) is 6. The van der Waals surface area contributed by atoms with Gasteiger partial charge in [0.2, 0.25) is 5.88 Å². The van der Waals surface area contributed by atoms with Crippen molar-refractivity contribution in [2.75, 3.05) is 19.7 Å². The summed E-state index contributed by atoms with van der Waals surface area (Å²) in [6, 6.07) is 16.9. The van der Waals surface area contributed by atoms with Crippen LogP contribution in [0.25, 0.3) is 10.9 Å². The normalized spacial score (nSPS) is 18.8. The van der Waals surface area contributed by atoms with Crippen LogP contribution < -0.4 is 10.3 Å². The van der Waals surface area contributed by atoms with Crippen LogP contribution in [-0.2, 0) is 18.0 Å². The number of carbonyl (C=O) groups excluding carboxylic acids is 1. The number of azo groups is 1. The molecule has 4 aromatic rings. The number of halogens is 1. The zero-order valence-corrected chi connectivity index (χ0v) is 24.0. The third-order valence-corrected chi connectivity index (χ3v) is 8.53. The quantitative estimate of drug-likeness (QED) is 0.287. The van der Waals surface area contributed by atoms with Gasteiger partial charge in [0.05, 0.1) is 12.2 Å². The fourth-order valence-corrected chi connectivity index (χ4v) is 6.36. The first-order chi connectivity index (χ1) is 19.3. The van der Waals surface area contributed by atoms with Crippen LogP contribution in [0.15, 0.2) is 74.1 Å². The number of nitrogens with zero attached hydrogens (tertiary/aromatic N) is 5. The van der Waals surface area contributed by atoms with Crippen molar-refractivity contribution in [2.24, 2.45) is 16.1 Å². The third kappa shape index (κ3) is 4.97. The molecule has 1 N–H and O–H groups in total. The summed E-state index contributed by atoms with van der Waals surface area (Å²) in [6.45, 7) is 6.43. The van der Waals surface area contributed by atoms with Gasteiger partial charge in [0, 0.05) is 47.2 Å². The van der Waals surface area contributed by atoms with Gasteiger partial charge in [0.15, 0.2) is 12.3 Å². The lowest BCUT2D eigenvalue weighted by Crippen LogP contribution is -2.47. The van der Waals surface area contributed by atoms with E-state index in [0.717, 1.165) is 46.3 Å². The van der Waals surface area contributed by atoms with Gasteiger partial charge in [-0.05, 0) is 67.6 Å². The first kappa shape index (κ1) is 26.5. The van der Waals surface area contributed by atoms with Crippen molar-refractivity contribution >= 4 is 38.4 Å². The summed E-state index contributed by atoms with van der Waals surface area (Å²) in [5.74, 6) is 0.652. The fourth-order valence-electron chi connectivity index (χ4n) is 6.00. The minimum absolute atomic E-state index is 0.0487. The van der Waals surface area contributed by atoms with Gasteiger partial charge in [0.25, 0.3) is 5.56 Å². The van der Waals surface area contributed by atoms with E-state index in [1.54, 1.807) is 6.07 Å². The van der Waals surface area contributed by atoms with Crippen LogP contribution in [0.2, 0.25) is 0 Å². The van der Waals surface area contributed by atoms with Crippen LogP contribution >= 0.6 is 15.9 Å². The molecule has 2 atom stereocenters. The number of aryl methyl sites for hydroxylation is 1. The lowest BCUT2D eigenvalue weighted by atomic mass is 9.83. The van der Waals surface area contributed by atoms with Crippen molar-refractivity contribution in [2.45, 2.75) is 39.4 Å². The highest BCUT2D eigenvalue weighted by molar-refractivity contribution is 9.10. The fraction of sp³-hybridized carbons (Fsp3) is 0.333. The Hall–Kier alpha value is -3.76. The highest BCUT2D eigenvalue weighted by Crippen LogP contribution is 2.41. The molecular formula is C30H30BrN5O4. The van der Waals surface area contributed by atoms with Crippen LogP contribution in [0.3, 0.4) is 0 Å². The van der Waals surface area contributed by atoms with Crippen LogP contribution in [0.4, 0.5) is 5.69 Å². The van der Waals surface area contributed by atoms with E-state index >= 15 is 0 Å². The number of hydrogen-bond donors (Lipinski definition) is 1. The molecule has 2 aliphatic rings. The topological polar surface area (TPSA) is 101 Å². The number of ether oxygens (including phenoxy) is 1. The maximum atomic E-state index is 12.5. The molecule has 1 unspecified atom stereocenters. The number of aromatic hydroxyl groups is 1. The molecule has 6 rings (SSSR count). The molecule has 1 saturated heterocycles. The standard InChI is InChI=1S/C30H30BrN5O4/c1-18-5-3-7-26(19(18)2)40-16-27(37)32-33-29-23-12-22(31)9-10-25(23)36(30(29)39)17-34-13-20-11-21(15-34)24-6-4-8-28(38)35(24)14-20/h3-10,12,20-21,39H,11,13-17H2,1-2H3/t20?,21-/m0/s1. The summed E-state index contributed by atoms with van der Waals surface area (Å²) in [7, 11) is 0. The van der Waals surface area contributed by atoms with Gasteiger partial charge < -0.3 is 14.4 Å². The second kappa shape index (κ2) is 10.7. The molecule has 10 heteroatoms. The zero-order valence-electron chi connectivity index (χ0n) is 22.4. The van der Waals surface area contributed by atoms with Gasteiger partial charge in [-0.3, -0.25) is 19.1 Å². The summed E-state index contributed by atoms with van der Waals surface area (Å²) < 4.78 is 10.2. The lowest BCUT2D eigenvalue weighted by Gasteiger charge is -2.42. The Balaban J connectivity index is 1.24. The van der Waals surface area contributed by atoms with Gasteiger partial charge in [0.1, 0.15) is 5.75 Å². The van der Waals surface area contributed by atoms with E-state index in [1.165, 1.54) is 0 Å². The Morgan fingerprint density at radius 3 is 2.77 bits per heavy atom. The highest BCUT2D eigenvalue weighted by atomic mass is 79.9. The maximum absolute atomic E-state index is 12.5. The number of amides is 1. The maximum Gasteiger partial charge on any atom is 0.302 e. The molecular weight excluding hydrogens is 574 g/mol. The minimum atomic E-state index is -0.547. The smallest absolute Gasteiger partial charge is 0.302 e. The Morgan fingerprint density at radius 1 is 1.10 bits per heavy atom. The number of rotatable bonds is 6. The molecule has 1 amide bonds. The van der Waals surface area contributed by atoms with Crippen LogP contribution in [0, 0.1) is 19.8 Å². The molecule has 0 radical (unpaired) electrons. The summed E-state index contributed by atoms with van der Waals surface area (Å²) in [6.07, 6.45) is 1.05. The summed E-state index contributed by atoms with van der Waals surface area (Å²) in [4.78, 5) is 27.3. The number of carbonyl (C=O) groups is 1. The number of pyridine rings is 1. The molecule has 0 aliphatic carbocycles. The van der Waals surface area contributed by atoms with Crippen molar-refractivity contribution in [1.29, 1.82) is 0 Å². The average molecular weight is 605 g/mol. The largest absolute Gasteiger partial charge is 0.493 e. The van der Waals surface area contributed by atoms with E-state index in [9.17, 15) is 14.7 Å². The Morgan fingerprint density at radius 2 is 1.93 bits per heavy atom. The highest BCUT2D eigenvalue weighted by Gasteiger charge is 2.35. The molecule has 0 saturated carbocycles. The van der Waals surface area contributed by atoms with Crippen molar-refractivity contribution in [3.8, 4) is 11.6 Å². The summed E-state index contributed by atoms with van der Waals surface area (Å²) in [5.41, 5.74) is 4.21. The molecule has 0 spiro atoms. The van der Waals surface area contributed by atoms with E-state index in [4.69, 9.17) is 4.74 Å². The first-order valence-electron chi connectivity index (χ1n) is 13.3. The first-order valence-corrected chi connectivity index (χ1v) is 14.1. The van der Waals surface area contributed by atoms with Crippen molar-refractivity contribution in [3.05, 3.63) is 86.2 Å². The van der Waals surface area contributed by atoms with Crippen LogP contribution in [-0.4, -0.2) is 44.7 Å². The molecule has 1 fully saturated rings. The Bertz CT molecular complexity index is 1710. The third-order valence-electron chi connectivity index (χ3n) is 8.04. The van der Waals surface area contributed by atoms with E-state index in [1.807, 2.05) is 71.5 Å². The number of fused-ring (bicyclic) bond motifs is 5. The van der Waals surface area contributed by atoms with Crippen LogP contribution in [0.5, 0.6) is 11.6 Å². The van der Waals surface area contributed by atoms with E-state index < -0.39 is 5.91 Å². The second-order valence-electron chi connectivity index (χ2n) is 10.7. The van der Waals surface area contributed by atoms with Gasteiger partial charge in [-0.1, -0.05) is 34.1 Å². The van der Waals surface area contributed by atoms with Crippen molar-refractivity contribution < 1.29 is 14.6 Å². The Kier molecular flexibility index (Phi) is 7.06. The Labute approximate surface area is 239 Å². The molecule has 4 heterocycles. The van der Waals surface area contributed by atoms with E-state index in [0.29, 0.717) is 30.3 Å². The molecule has 2 aromatic heterocycles. The second-order valence-corrected chi connectivity index (χ2v) is 11.6. The number of piperidine rings is 1. The van der Waals surface area contributed by atoms with E-state index in [2.05, 4.69) is 31.1 Å². The van der Waals surface area contributed by atoms with Crippen molar-refractivity contribution in [1.82, 2.24) is 14.0 Å². The van der Waals surface area contributed by atoms with Gasteiger partial charge in [-0.25, -0.2) is 0 Å².